The number of aromatic hydroxyl groups is 2. The first-order valence-corrected chi connectivity index (χ1v) is 4.08. The highest BCUT2D eigenvalue weighted by atomic mass is 35.5. The average Bonchev–Trinajstić information content (AvgIpc) is 2.08. The third-order valence-corrected chi connectivity index (χ3v) is 2.81. The van der Waals surface area contributed by atoms with E-state index in [2.05, 4.69) is 0 Å². The number of benzene rings is 1. The van der Waals surface area contributed by atoms with E-state index in [1.165, 1.54) is 0 Å². The first-order valence-electron chi connectivity index (χ1n) is 3.33. The molecular weight excluding hydrogens is 199 g/mol. The highest BCUT2D eigenvalue weighted by molar-refractivity contribution is 6.43. The van der Waals surface area contributed by atoms with Gasteiger partial charge in [0.15, 0.2) is 11.5 Å². The minimum atomic E-state index is -0.357. The highest BCUT2D eigenvalue weighted by Gasteiger charge is 2.15. The van der Waals surface area contributed by atoms with Gasteiger partial charge in [-0.2, -0.15) is 0 Å². The quantitative estimate of drug-likeness (QED) is 0.642. The number of phenolic OH excluding ortho intramolecular Hbond substituents is 2. The Labute approximate surface area is 80.4 Å². The molecule has 0 aliphatic carbocycles. The standard InChI is InChI=1S/C8H8Cl2O2/c1-3-4(2)7(11)8(12)6(10)5(3)9/h11-12H,1-2H3. The van der Waals surface area contributed by atoms with E-state index in [-0.39, 0.29) is 21.5 Å². The Morgan fingerprint density at radius 3 is 1.83 bits per heavy atom. The zero-order chi connectivity index (χ0) is 9.46. The summed E-state index contributed by atoms with van der Waals surface area (Å²) in [4.78, 5) is 0. The van der Waals surface area contributed by atoms with Crippen LogP contribution >= 0.6 is 23.2 Å². The summed E-state index contributed by atoms with van der Waals surface area (Å²) in [7, 11) is 0. The molecule has 4 heteroatoms. The van der Waals surface area contributed by atoms with Crippen LogP contribution in [0.3, 0.4) is 0 Å². The van der Waals surface area contributed by atoms with Gasteiger partial charge in [0.2, 0.25) is 0 Å². The summed E-state index contributed by atoms with van der Waals surface area (Å²) in [6.45, 7) is 3.38. The van der Waals surface area contributed by atoms with Crippen LogP contribution < -0.4 is 0 Å². The Hall–Kier alpha value is -0.600. The number of hydrogen-bond donors (Lipinski definition) is 2. The molecule has 0 radical (unpaired) electrons. The summed E-state index contributed by atoms with van der Waals surface area (Å²) in [6.07, 6.45) is 0. The zero-order valence-corrected chi connectivity index (χ0v) is 8.16. The predicted molar refractivity (Wildman–Crippen MR) is 49.3 cm³/mol. The fraction of sp³-hybridized carbons (Fsp3) is 0.250. The largest absolute Gasteiger partial charge is 0.504 e. The topological polar surface area (TPSA) is 40.5 Å². The van der Waals surface area contributed by atoms with Crippen molar-refractivity contribution in [1.29, 1.82) is 0 Å². The van der Waals surface area contributed by atoms with Crippen molar-refractivity contribution >= 4 is 23.2 Å². The maximum absolute atomic E-state index is 9.30. The van der Waals surface area contributed by atoms with E-state index in [9.17, 15) is 10.2 Å². The Morgan fingerprint density at radius 2 is 1.33 bits per heavy atom. The van der Waals surface area contributed by atoms with E-state index < -0.39 is 0 Å². The maximum atomic E-state index is 9.30. The van der Waals surface area contributed by atoms with Gasteiger partial charge in [0.1, 0.15) is 5.02 Å². The first-order chi connectivity index (χ1) is 5.46. The smallest absolute Gasteiger partial charge is 0.178 e. The van der Waals surface area contributed by atoms with Crippen molar-refractivity contribution < 1.29 is 10.2 Å². The SMILES string of the molecule is Cc1c(C)c(Cl)c(Cl)c(O)c1O. The summed E-state index contributed by atoms with van der Waals surface area (Å²) in [5.41, 5.74) is 1.22. The lowest BCUT2D eigenvalue weighted by Gasteiger charge is -2.09. The summed E-state index contributed by atoms with van der Waals surface area (Å²) >= 11 is 11.4. The van der Waals surface area contributed by atoms with Crippen molar-refractivity contribution in [3.05, 3.63) is 21.2 Å². The van der Waals surface area contributed by atoms with Crippen LogP contribution in [0.25, 0.3) is 0 Å². The fourth-order valence-corrected chi connectivity index (χ4v) is 1.35. The second kappa shape index (κ2) is 3.04. The molecular formula is C8H8Cl2O2. The maximum Gasteiger partial charge on any atom is 0.178 e. The van der Waals surface area contributed by atoms with Crippen molar-refractivity contribution in [3.8, 4) is 11.5 Å². The van der Waals surface area contributed by atoms with Gasteiger partial charge < -0.3 is 10.2 Å². The Kier molecular flexibility index (Phi) is 2.40. The minimum absolute atomic E-state index is 0.00253. The summed E-state index contributed by atoms with van der Waals surface area (Å²) in [6, 6.07) is 0. The molecule has 2 nitrogen and oxygen atoms in total. The van der Waals surface area contributed by atoms with Crippen LogP contribution in [0.1, 0.15) is 11.1 Å². The molecule has 0 atom stereocenters. The third-order valence-electron chi connectivity index (χ3n) is 1.87. The minimum Gasteiger partial charge on any atom is -0.504 e. The molecule has 0 amide bonds. The van der Waals surface area contributed by atoms with Crippen molar-refractivity contribution in [3.63, 3.8) is 0 Å². The Morgan fingerprint density at radius 1 is 0.833 bits per heavy atom. The predicted octanol–water partition coefficient (Wildman–Crippen LogP) is 3.02. The number of hydrogen-bond acceptors (Lipinski definition) is 2. The van der Waals surface area contributed by atoms with Crippen LogP contribution in [0.4, 0.5) is 0 Å². The van der Waals surface area contributed by atoms with Gasteiger partial charge in [0, 0.05) is 0 Å². The lowest BCUT2D eigenvalue weighted by Crippen LogP contribution is -1.86. The Bertz CT molecular complexity index is 229. The Balaban J connectivity index is 3.60. The fourth-order valence-electron chi connectivity index (χ4n) is 0.892. The van der Waals surface area contributed by atoms with E-state index in [1.807, 2.05) is 0 Å². The molecule has 1 aromatic carbocycles. The van der Waals surface area contributed by atoms with Crippen LogP contribution in [0.2, 0.25) is 10.0 Å². The molecule has 0 aliphatic heterocycles. The van der Waals surface area contributed by atoms with E-state index in [4.69, 9.17) is 23.2 Å². The second-order valence-corrected chi connectivity index (χ2v) is 3.33. The molecule has 1 aromatic rings. The average molecular weight is 207 g/mol. The first kappa shape index (κ1) is 9.49. The summed E-state index contributed by atoms with van der Waals surface area (Å²) < 4.78 is 0. The molecule has 0 aromatic heterocycles. The molecule has 0 saturated heterocycles. The molecule has 0 saturated carbocycles. The van der Waals surface area contributed by atoms with E-state index >= 15 is 0 Å². The number of rotatable bonds is 0. The molecule has 0 aliphatic rings. The third kappa shape index (κ3) is 1.21. The molecule has 0 heterocycles. The molecule has 1 rings (SSSR count). The lowest BCUT2D eigenvalue weighted by molar-refractivity contribution is 0.401. The van der Waals surface area contributed by atoms with Gasteiger partial charge in [-0.15, -0.1) is 0 Å². The van der Waals surface area contributed by atoms with Gasteiger partial charge in [-0.3, -0.25) is 0 Å². The van der Waals surface area contributed by atoms with Gasteiger partial charge in [0.25, 0.3) is 0 Å². The lowest BCUT2D eigenvalue weighted by atomic mass is 10.1. The van der Waals surface area contributed by atoms with Crippen LogP contribution in [-0.4, -0.2) is 10.2 Å². The van der Waals surface area contributed by atoms with Crippen LogP contribution in [0.5, 0.6) is 11.5 Å². The molecule has 66 valence electrons. The molecule has 0 spiro atoms. The van der Waals surface area contributed by atoms with Crippen molar-refractivity contribution in [1.82, 2.24) is 0 Å². The number of phenols is 2. The van der Waals surface area contributed by atoms with Gasteiger partial charge in [-0.1, -0.05) is 23.2 Å². The van der Waals surface area contributed by atoms with Crippen LogP contribution in [0, 0.1) is 13.8 Å². The number of halogens is 2. The molecule has 0 unspecified atom stereocenters. The molecule has 12 heavy (non-hydrogen) atoms. The van der Waals surface area contributed by atoms with E-state index in [1.54, 1.807) is 13.8 Å². The normalized spacial score (nSPS) is 10.3. The van der Waals surface area contributed by atoms with Gasteiger partial charge in [-0.25, -0.2) is 0 Å². The van der Waals surface area contributed by atoms with Gasteiger partial charge in [0.05, 0.1) is 5.02 Å². The van der Waals surface area contributed by atoms with Crippen molar-refractivity contribution in [2.24, 2.45) is 0 Å². The van der Waals surface area contributed by atoms with Gasteiger partial charge >= 0.3 is 0 Å². The highest BCUT2D eigenvalue weighted by Crippen LogP contribution is 2.43. The summed E-state index contributed by atoms with van der Waals surface area (Å²) in [5, 5.41) is 18.8. The van der Waals surface area contributed by atoms with E-state index in [0.29, 0.717) is 11.1 Å². The molecule has 0 fully saturated rings. The van der Waals surface area contributed by atoms with Crippen LogP contribution in [0.15, 0.2) is 0 Å². The second-order valence-electron chi connectivity index (χ2n) is 2.58. The molecule has 2 N–H and O–H groups in total. The van der Waals surface area contributed by atoms with Gasteiger partial charge in [-0.05, 0) is 25.0 Å². The molecule has 0 bridgehead atoms. The van der Waals surface area contributed by atoms with Crippen LogP contribution in [-0.2, 0) is 0 Å². The zero-order valence-electron chi connectivity index (χ0n) is 6.65. The van der Waals surface area contributed by atoms with Crippen molar-refractivity contribution in [2.45, 2.75) is 13.8 Å². The van der Waals surface area contributed by atoms with E-state index in [0.717, 1.165) is 0 Å². The summed E-state index contributed by atoms with van der Waals surface area (Å²) in [5.74, 6) is -0.563. The van der Waals surface area contributed by atoms with Crippen molar-refractivity contribution in [2.75, 3.05) is 0 Å². The monoisotopic (exact) mass is 206 g/mol.